The number of ketones is 1. The number of fused-ring (bicyclic) bond motifs is 1. The van der Waals surface area contributed by atoms with E-state index in [4.69, 9.17) is 25.8 Å². The molecule has 2 heterocycles. The van der Waals surface area contributed by atoms with Gasteiger partial charge in [-0.3, -0.25) is 9.59 Å². The maximum Gasteiger partial charge on any atom is 0.358 e. The molecule has 0 aliphatic carbocycles. The van der Waals surface area contributed by atoms with Gasteiger partial charge in [-0.1, -0.05) is 23.7 Å². The third kappa shape index (κ3) is 4.68. The third-order valence-electron chi connectivity index (χ3n) is 4.30. The molecule has 0 spiro atoms. The first-order chi connectivity index (χ1) is 14.9. The number of carbonyl (C=O) groups is 3. The lowest BCUT2D eigenvalue weighted by Crippen LogP contribution is -2.22. The smallest absolute Gasteiger partial charge is 0.358 e. The second-order valence-corrected chi connectivity index (χ2v) is 7.77. The molecule has 1 aliphatic heterocycles. The standard InChI is InChI=1S/C21H15ClN2O6S/c1-11(25)14-6-17-18(30-10-29-17)7-15(14)23-19(26)8-28-21(27)16-9-31-20(24-16)12-2-4-13(22)5-3-12/h2-7,9H,8,10H2,1H3,(H,23,26). The summed E-state index contributed by atoms with van der Waals surface area (Å²) in [6, 6.07) is 10.0. The largest absolute Gasteiger partial charge is 0.454 e. The summed E-state index contributed by atoms with van der Waals surface area (Å²) in [5.41, 5.74) is 1.41. The number of hydrogen-bond donors (Lipinski definition) is 1. The summed E-state index contributed by atoms with van der Waals surface area (Å²) in [4.78, 5) is 40.7. The lowest BCUT2D eigenvalue weighted by Gasteiger charge is -2.10. The molecule has 1 aliphatic rings. The average molecular weight is 459 g/mol. The fourth-order valence-corrected chi connectivity index (χ4v) is 3.74. The fraction of sp³-hybridized carbons (Fsp3) is 0.143. The molecule has 0 saturated heterocycles. The topological polar surface area (TPSA) is 104 Å². The van der Waals surface area contributed by atoms with Crippen LogP contribution >= 0.6 is 22.9 Å². The molecular formula is C21H15ClN2O6S. The van der Waals surface area contributed by atoms with E-state index in [2.05, 4.69) is 10.3 Å². The van der Waals surface area contributed by atoms with Crippen molar-refractivity contribution in [3.63, 3.8) is 0 Å². The van der Waals surface area contributed by atoms with E-state index < -0.39 is 18.5 Å². The highest BCUT2D eigenvalue weighted by Crippen LogP contribution is 2.37. The summed E-state index contributed by atoms with van der Waals surface area (Å²) >= 11 is 7.15. The summed E-state index contributed by atoms with van der Waals surface area (Å²) in [7, 11) is 0. The molecule has 10 heteroatoms. The Morgan fingerprint density at radius 2 is 1.87 bits per heavy atom. The van der Waals surface area contributed by atoms with Gasteiger partial charge in [-0.2, -0.15) is 0 Å². The molecule has 1 amide bonds. The van der Waals surface area contributed by atoms with Crippen LogP contribution in [0.4, 0.5) is 5.69 Å². The molecular weight excluding hydrogens is 444 g/mol. The first-order valence-electron chi connectivity index (χ1n) is 9.04. The Labute approximate surface area is 185 Å². The lowest BCUT2D eigenvalue weighted by atomic mass is 10.1. The molecule has 0 unspecified atom stereocenters. The van der Waals surface area contributed by atoms with Gasteiger partial charge in [0.15, 0.2) is 29.6 Å². The Balaban J connectivity index is 1.39. The van der Waals surface area contributed by atoms with Crippen LogP contribution in [0, 0.1) is 0 Å². The molecule has 4 rings (SSSR count). The van der Waals surface area contributed by atoms with Crippen molar-refractivity contribution in [1.82, 2.24) is 4.98 Å². The van der Waals surface area contributed by atoms with Crippen molar-refractivity contribution in [3.05, 3.63) is 58.1 Å². The zero-order valence-electron chi connectivity index (χ0n) is 16.1. The van der Waals surface area contributed by atoms with Gasteiger partial charge in [0.1, 0.15) is 5.01 Å². The normalized spacial score (nSPS) is 11.8. The number of nitrogens with zero attached hydrogens (tertiary/aromatic N) is 1. The van der Waals surface area contributed by atoms with Crippen LogP contribution in [0.3, 0.4) is 0 Å². The molecule has 3 aromatic rings. The summed E-state index contributed by atoms with van der Waals surface area (Å²) < 4.78 is 15.6. The van der Waals surface area contributed by atoms with Crippen LogP contribution in [0.2, 0.25) is 5.02 Å². The first kappa shape index (κ1) is 20.8. The van der Waals surface area contributed by atoms with Gasteiger partial charge >= 0.3 is 5.97 Å². The molecule has 8 nitrogen and oxygen atoms in total. The lowest BCUT2D eigenvalue weighted by molar-refractivity contribution is -0.119. The second-order valence-electron chi connectivity index (χ2n) is 6.48. The molecule has 0 radical (unpaired) electrons. The molecule has 0 atom stereocenters. The van der Waals surface area contributed by atoms with E-state index in [1.54, 1.807) is 29.6 Å². The number of nitrogens with one attached hydrogen (secondary N) is 1. The van der Waals surface area contributed by atoms with Crippen molar-refractivity contribution < 1.29 is 28.6 Å². The Hall–Kier alpha value is -3.43. The monoisotopic (exact) mass is 458 g/mol. The van der Waals surface area contributed by atoms with Crippen LogP contribution in [0.1, 0.15) is 27.8 Å². The van der Waals surface area contributed by atoms with Gasteiger partial charge < -0.3 is 19.5 Å². The van der Waals surface area contributed by atoms with E-state index in [1.165, 1.54) is 30.4 Å². The van der Waals surface area contributed by atoms with Gasteiger partial charge in [-0.15, -0.1) is 11.3 Å². The molecule has 2 aromatic carbocycles. The van der Waals surface area contributed by atoms with E-state index in [0.717, 1.165) is 5.56 Å². The highest BCUT2D eigenvalue weighted by molar-refractivity contribution is 7.13. The highest BCUT2D eigenvalue weighted by atomic mass is 35.5. The average Bonchev–Trinajstić information content (AvgIpc) is 3.41. The van der Waals surface area contributed by atoms with Crippen molar-refractivity contribution >= 4 is 46.3 Å². The number of hydrogen-bond acceptors (Lipinski definition) is 8. The quantitative estimate of drug-likeness (QED) is 0.436. The zero-order chi connectivity index (χ0) is 22.0. The van der Waals surface area contributed by atoms with Crippen LogP contribution in [-0.4, -0.2) is 36.0 Å². The minimum absolute atomic E-state index is 0.0351. The van der Waals surface area contributed by atoms with Gasteiger partial charge in [0.05, 0.1) is 5.69 Å². The minimum Gasteiger partial charge on any atom is -0.454 e. The van der Waals surface area contributed by atoms with Crippen LogP contribution in [0.15, 0.2) is 41.8 Å². The van der Waals surface area contributed by atoms with Crippen molar-refractivity contribution in [2.24, 2.45) is 0 Å². The van der Waals surface area contributed by atoms with Gasteiger partial charge in [-0.25, -0.2) is 9.78 Å². The molecule has 0 fully saturated rings. The Bertz CT molecular complexity index is 1180. The molecule has 1 aromatic heterocycles. The Morgan fingerprint density at radius 3 is 2.58 bits per heavy atom. The summed E-state index contributed by atoms with van der Waals surface area (Å²) in [6.45, 7) is 0.861. The minimum atomic E-state index is -0.732. The molecule has 31 heavy (non-hydrogen) atoms. The number of carbonyl (C=O) groups excluding carboxylic acids is 3. The fourth-order valence-electron chi connectivity index (χ4n) is 2.82. The van der Waals surface area contributed by atoms with Gasteiger partial charge in [-0.05, 0) is 25.1 Å². The number of anilines is 1. The number of amides is 1. The Morgan fingerprint density at radius 1 is 1.16 bits per heavy atom. The first-order valence-corrected chi connectivity index (χ1v) is 10.3. The van der Waals surface area contributed by atoms with Crippen LogP contribution in [0.25, 0.3) is 10.6 Å². The van der Waals surface area contributed by atoms with E-state index in [-0.39, 0.29) is 29.5 Å². The maximum absolute atomic E-state index is 12.3. The number of rotatable bonds is 6. The number of benzene rings is 2. The number of halogens is 1. The molecule has 1 N–H and O–H groups in total. The second kappa shape index (κ2) is 8.75. The Kier molecular flexibility index (Phi) is 5.88. The number of aromatic nitrogens is 1. The molecule has 0 bridgehead atoms. The number of esters is 1. The number of Topliss-reactive ketones (excluding diaryl/α,β-unsaturated/α-hetero) is 1. The number of thiazole rings is 1. The van der Waals surface area contributed by atoms with Crippen LogP contribution in [-0.2, 0) is 9.53 Å². The van der Waals surface area contributed by atoms with E-state index in [1.807, 2.05) is 0 Å². The van der Waals surface area contributed by atoms with Crippen LogP contribution in [0.5, 0.6) is 11.5 Å². The predicted molar refractivity (Wildman–Crippen MR) is 114 cm³/mol. The number of ether oxygens (including phenoxy) is 3. The van der Waals surface area contributed by atoms with Crippen molar-refractivity contribution in [2.75, 3.05) is 18.7 Å². The van der Waals surface area contributed by atoms with Crippen molar-refractivity contribution in [2.45, 2.75) is 6.92 Å². The summed E-state index contributed by atoms with van der Waals surface area (Å²) in [5, 5.41) is 5.34. The van der Waals surface area contributed by atoms with Gasteiger partial charge in [0.25, 0.3) is 5.91 Å². The molecule has 0 saturated carbocycles. The van der Waals surface area contributed by atoms with Crippen molar-refractivity contribution in [1.29, 1.82) is 0 Å². The van der Waals surface area contributed by atoms with Gasteiger partial charge in [0, 0.05) is 27.6 Å². The molecule has 158 valence electrons. The predicted octanol–water partition coefficient (Wildman–Crippen LogP) is 4.19. The third-order valence-corrected chi connectivity index (χ3v) is 5.45. The van der Waals surface area contributed by atoms with Crippen molar-refractivity contribution in [3.8, 4) is 22.1 Å². The van der Waals surface area contributed by atoms with Gasteiger partial charge in [0.2, 0.25) is 6.79 Å². The zero-order valence-corrected chi connectivity index (χ0v) is 17.7. The van der Waals surface area contributed by atoms with E-state index in [0.29, 0.717) is 21.5 Å². The van der Waals surface area contributed by atoms with E-state index >= 15 is 0 Å². The maximum atomic E-state index is 12.3. The highest BCUT2D eigenvalue weighted by Gasteiger charge is 2.21. The van der Waals surface area contributed by atoms with Crippen LogP contribution < -0.4 is 14.8 Å². The van der Waals surface area contributed by atoms with E-state index in [9.17, 15) is 14.4 Å². The summed E-state index contributed by atoms with van der Waals surface area (Å²) in [5.74, 6) is -0.765. The SMILES string of the molecule is CC(=O)c1cc2c(cc1NC(=O)COC(=O)c1csc(-c3ccc(Cl)cc3)n1)OCO2. The summed E-state index contributed by atoms with van der Waals surface area (Å²) in [6.07, 6.45) is 0.